The molecule has 0 saturated carbocycles. The maximum Gasteiger partial charge on any atom is 0.138 e. The van der Waals surface area contributed by atoms with Crippen molar-refractivity contribution in [1.82, 2.24) is 14.5 Å². The predicted octanol–water partition coefficient (Wildman–Crippen LogP) is 15.7. The molecule has 0 N–H and O–H groups in total. The van der Waals surface area contributed by atoms with Gasteiger partial charge in [-0.3, -0.25) is 4.98 Å². The summed E-state index contributed by atoms with van der Waals surface area (Å²) in [5, 5.41) is 5.45. The summed E-state index contributed by atoms with van der Waals surface area (Å²) >= 11 is 0. The highest BCUT2D eigenvalue weighted by Gasteiger charge is 2.17. The smallest absolute Gasteiger partial charge is 0.138 e. The Bertz CT molecular complexity index is 3930. The molecule has 8 aromatic carbocycles. The van der Waals surface area contributed by atoms with Crippen LogP contribution in [0.15, 0.2) is 221 Å². The highest BCUT2D eigenvalue weighted by Crippen LogP contribution is 2.39. The van der Waals surface area contributed by atoms with E-state index in [1.807, 2.05) is 24.4 Å². The zero-order valence-corrected chi connectivity index (χ0v) is 33.9. The van der Waals surface area contributed by atoms with Crippen molar-refractivity contribution in [3.63, 3.8) is 0 Å². The topological polar surface area (TPSA) is 57.0 Å². The standard InChI is InChI=1S/C58H35N3O2/c1-2-15-45(16-3-1)61-52-23-19-41(37-10-7-12-39(30-37)42-20-25-55-47(32-42)46-17-4-5-18-54(46)62-55)34-49(52)58-53(61)24-22-51(60-58)44-14-8-13-40(31-44)36-9-6-11-38(29-36)43-21-26-56-48(33-43)50-35-59-28-27-57(50)63-56/h1-35H. The first-order valence-electron chi connectivity index (χ1n) is 21.2. The summed E-state index contributed by atoms with van der Waals surface area (Å²) in [6.45, 7) is 0. The summed E-state index contributed by atoms with van der Waals surface area (Å²) in [6, 6.07) is 71.0. The Morgan fingerprint density at radius 1 is 0.333 bits per heavy atom. The van der Waals surface area contributed by atoms with Gasteiger partial charge < -0.3 is 13.4 Å². The third-order valence-corrected chi connectivity index (χ3v) is 12.5. The average molecular weight is 806 g/mol. The van der Waals surface area contributed by atoms with E-state index in [2.05, 4.69) is 192 Å². The Hall–Kier alpha value is -8.54. The van der Waals surface area contributed by atoms with Crippen LogP contribution in [0.25, 0.3) is 127 Å². The molecule has 0 aliphatic heterocycles. The van der Waals surface area contributed by atoms with Crippen molar-refractivity contribution >= 4 is 65.8 Å². The fraction of sp³-hybridized carbons (Fsp3) is 0. The molecule has 0 fully saturated rings. The first kappa shape index (κ1) is 35.2. The van der Waals surface area contributed by atoms with Crippen molar-refractivity contribution < 1.29 is 8.83 Å². The number of hydrogen-bond acceptors (Lipinski definition) is 4. The maximum atomic E-state index is 6.14. The molecule has 63 heavy (non-hydrogen) atoms. The molecule has 294 valence electrons. The molecular weight excluding hydrogens is 771 g/mol. The van der Waals surface area contributed by atoms with Crippen molar-refractivity contribution in [2.45, 2.75) is 0 Å². The summed E-state index contributed by atoms with van der Waals surface area (Å²) < 4.78 is 14.5. The molecule has 0 radical (unpaired) electrons. The molecule has 0 saturated heterocycles. The third kappa shape index (κ3) is 5.86. The lowest BCUT2D eigenvalue weighted by Crippen LogP contribution is -1.93. The quantitative estimate of drug-likeness (QED) is 0.168. The van der Waals surface area contributed by atoms with Gasteiger partial charge in [0.2, 0.25) is 0 Å². The Balaban J connectivity index is 0.896. The largest absolute Gasteiger partial charge is 0.456 e. The minimum absolute atomic E-state index is 0.846. The van der Waals surface area contributed by atoms with Crippen molar-refractivity contribution in [2.24, 2.45) is 0 Å². The molecule has 0 bridgehead atoms. The predicted molar refractivity (Wildman–Crippen MR) is 258 cm³/mol. The van der Waals surface area contributed by atoms with Crippen LogP contribution in [0.2, 0.25) is 0 Å². The molecule has 5 heterocycles. The summed E-state index contributed by atoms with van der Waals surface area (Å²) in [5.74, 6) is 0. The highest BCUT2D eigenvalue weighted by molar-refractivity contribution is 6.10. The van der Waals surface area contributed by atoms with E-state index in [0.29, 0.717) is 0 Å². The number of para-hydroxylation sites is 2. The van der Waals surface area contributed by atoms with Crippen LogP contribution in [0.3, 0.4) is 0 Å². The average Bonchev–Trinajstić information content (AvgIpc) is 4.03. The lowest BCUT2D eigenvalue weighted by atomic mass is 9.96. The van der Waals surface area contributed by atoms with Crippen LogP contribution >= 0.6 is 0 Å². The fourth-order valence-corrected chi connectivity index (χ4v) is 9.40. The lowest BCUT2D eigenvalue weighted by Gasteiger charge is -2.09. The summed E-state index contributed by atoms with van der Waals surface area (Å²) in [6.07, 6.45) is 3.64. The normalized spacial score (nSPS) is 11.8. The SMILES string of the molecule is c1ccc(-n2c3ccc(-c4cccc(-c5ccc6oc7ccccc7c6c5)c4)cc3c3nc(-c4cccc(-c5cccc(-c6ccc7oc8ccncc8c7c6)c5)c4)ccc32)cc1. The molecular formula is C58H35N3O2. The Kier molecular flexibility index (Phi) is 7.84. The van der Waals surface area contributed by atoms with Crippen LogP contribution in [0.5, 0.6) is 0 Å². The van der Waals surface area contributed by atoms with E-state index in [0.717, 1.165) is 127 Å². The number of rotatable bonds is 6. The van der Waals surface area contributed by atoms with E-state index >= 15 is 0 Å². The van der Waals surface area contributed by atoms with Crippen molar-refractivity contribution in [3.05, 3.63) is 213 Å². The molecule has 13 rings (SSSR count). The number of furan rings is 2. The van der Waals surface area contributed by atoms with Gasteiger partial charge in [-0.2, -0.15) is 0 Å². The molecule has 5 nitrogen and oxygen atoms in total. The second kappa shape index (κ2) is 14.0. The van der Waals surface area contributed by atoms with Gasteiger partial charge in [-0.1, -0.05) is 109 Å². The van der Waals surface area contributed by atoms with Crippen LogP contribution in [-0.4, -0.2) is 14.5 Å². The summed E-state index contributed by atoms with van der Waals surface area (Å²) in [4.78, 5) is 9.82. The number of nitrogens with zero attached hydrogens (tertiary/aromatic N) is 3. The van der Waals surface area contributed by atoms with Crippen LogP contribution in [0.4, 0.5) is 0 Å². The van der Waals surface area contributed by atoms with Crippen LogP contribution in [0.1, 0.15) is 0 Å². The van der Waals surface area contributed by atoms with E-state index in [-0.39, 0.29) is 0 Å². The Morgan fingerprint density at radius 3 is 1.52 bits per heavy atom. The maximum absolute atomic E-state index is 6.14. The minimum Gasteiger partial charge on any atom is -0.456 e. The second-order valence-corrected chi connectivity index (χ2v) is 16.2. The summed E-state index contributed by atoms with van der Waals surface area (Å²) in [5.41, 5.74) is 18.9. The Morgan fingerprint density at radius 2 is 0.841 bits per heavy atom. The first-order valence-corrected chi connectivity index (χ1v) is 21.2. The highest BCUT2D eigenvalue weighted by atomic mass is 16.3. The molecule has 0 unspecified atom stereocenters. The van der Waals surface area contributed by atoms with Crippen LogP contribution in [0, 0.1) is 0 Å². The van der Waals surface area contributed by atoms with Gasteiger partial charge in [0, 0.05) is 50.6 Å². The fourth-order valence-electron chi connectivity index (χ4n) is 9.40. The van der Waals surface area contributed by atoms with Crippen molar-refractivity contribution in [2.75, 3.05) is 0 Å². The summed E-state index contributed by atoms with van der Waals surface area (Å²) in [7, 11) is 0. The molecule has 0 aliphatic rings. The third-order valence-electron chi connectivity index (χ3n) is 12.5. The van der Waals surface area contributed by atoms with E-state index in [1.54, 1.807) is 6.20 Å². The van der Waals surface area contributed by atoms with E-state index in [4.69, 9.17) is 13.8 Å². The van der Waals surface area contributed by atoms with E-state index in [9.17, 15) is 0 Å². The molecule has 0 aliphatic carbocycles. The molecule has 13 aromatic rings. The van der Waals surface area contributed by atoms with Gasteiger partial charge >= 0.3 is 0 Å². The van der Waals surface area contributed by atoms with Gasteiger partial charge in [0.25, 0.3) is 0 Å². The van der Waals surface area contributed by atoms with E-state index in [1.165, 1.54) is 0 Å². The van der Waals surface area contributed by atoms with E-state index < -0.39 is 0 Å². The molecule has 0 atom stereocenters. The van der Waals surface area contributed by atoms with Gasteiger partial charge in [0.15, 0.2) is 0 Å². The second-order valence-electron chi connectivity index (χ2n) is 16.2. The van der Waals surface area contributed by atoms with Crippen LogP contribution < -0.4 is 0 Å². The number of benzene rings is 8. The van der Waals surface area contributed by atoms with Gasteiger partial charge in [0.1, 0.15) is 22.3 Å². The number of fused-ring (bicyclic) bond motifs is 9. The molecule has 0 spiro atoms. The zero-order chi connectivity index (χ0) is 41.4. The lowest BCUT2D eigenvalue weighted by molar-refractivity contribution is 0.668. The van der Waals surface area contributed by atoms with Gasteiger partial charge in [-0.05, 0) is 136 Å². The zero-order valence-electron chi connectivity index (χ0n) is 33.9. The number of aromatic nitrogens is 3. The van der Waals surface area contributed by atoms with Gasteiger partial charge in [-0.15, -0.1) is 0 Å². The first-order chi connectivity index (χ1) is 31.2. The van der Waals surface area contributed by atoms with Gasteiger partial charge in [-0.25, -0.2) is 4.98 Å². The minimum atomic E-state index is 0.846. The number of pyridine rings is 2. The van der Waals surface area contributed by atoms with Crippen LogP contribution in [-0.2, 0) is 0 Å². The van der Waals surface area contributed by atoms with Gasteiger partial charge in [0.05, 0.1) is 22.2 Å². The number of hydrogen-bond donors (Lipinski definition) is 0. The molecule has 0 amide bonds. The molecule has 5 heteroatoms. The molecule has 5 aromatic heterocycles. The van der Waals surface area contributed by atoms with Crippen molar-refractivity contribution in [1.29, 1.82) is 0 Å². The Labute approximate surface area is 361 Å². The van der Waals surface area contributed by atoms with Crippen molar-refractivity contribution in [3.8, 4) is 61.5 Å². The monoisotopic (exact) mass is 805 g/mol.